The van der Waals surface area contributed by atoms with Crippen molar-refractivity contribution in [1.82, 2.24) is 4.90 Å². The van der Waals surface area contributed by atoms with Crippen molar-refractivity contribution in [1.29, 1.82) is 0 Å². The molecule has 1 atom stereocenters. The first-order valence-electron chi connectivity index (χ1n) is 4.68. The van der Waals surface area contributed by atoms with Crippen LogP contribution in [0, 0.1) is 5.92 Å². The number of aldehydes is 1. The smallest absolute Gasteiger partial charge is 0.120 e. The Kier molecular flexibility index (Phi) is 5.99. The predicted octanol–water partition coefficient (Wildman–Crippen LogP) is 1.94. The van der Waals surface area contributed by atoms with Gasteiger partial charge in [0.15, 0.2) is 0 Å². The van der Waals surface area contributed by atoms with Crippen molar-refractivity contribution in [2.75, 3.05) is 14.1 Å². The maximum Gasteiger partial charge on any atom is 0.120 e. The minimum atomic E-state index is 0.565. The van der Waals surface area contributed by atoms with Crippen LogP contribution in [0.15, 0.2) is 0 Å². The van der Waals surface area contributed by atoms with Crippen LogP contribution in [0.5, 0.6) is 0 Å². The number of carbonyl (C=O) groups is 1. The Hall–Kier alpha value is -0.370. The number of nitrogens with zero attached hydrogens (tertiary/aromatic N) is 1. The van der Waals surface area contributed by atoms with E-state index in [1.807, 2.05) is 0 Å². The minimum absolute atomic E-state index is 0.565. The molecule has 0 rings (SSSR count). The van der Waals surface area contributed by atoms with Crippen LogP contribution in [-0.4, -0.2) is 31.3 Å². The highest BCUT2D eigenvalue weighted by Gasteiger charge is 2.11. The lowest BCUT2D eigenvalue weighted by molar-refractivity contribution is -0.108. The summed E-state index contributed by atoms with van der Waals surface area (Å²) in [6.07, 6.45) is 3.88. The van der Waals surface area contributed by atoms with Gasteiger partial charge in [-0.3, -0.25) is 0 Å². The standard InChI is InChI=1S/C10H21NO/c1-9(2)8-10(11(3)4)6-5-7-12/h7,9-10H,5-6,8H2,1-4H3. The van der Waals surface area contributed by atoms with Crippen molar-refractivity contribution >= 4 is 6.29 Å². The van der Waals surface area contributed by atoms with E-state index in [1.165, 1.54) is 6.42 Å². The molecule has 0 saturated carbocycles. The zero-order valence-electron chi connectivity index (χ0n) is 8.71. The molecule has 0 bridgehead atoms. The van der Waals surface area contributed by atoms with E-state index in [1.54, 1.807) is 0 Å². The van der Waals surface area contributed by atoms with Crippen molar-refractivity contribution in [3.8, 4) is 0 Å². The maximum absolute atomic E-state index is 10.2. The van der Waals surface area contributed by atoms with Crippen molar-refractivity contribution in [2.45, 2.75) is 39.2 Å². The number of hydrogen-bond donors (Lipinski definition) is 0. The number of rotatable bonds is 6. The van der Waals surface area contributed by atoms with Crippen molar-refractivity contribution in [3.63, 3.8) is 0 Å². The zero-order chi connectivity index (χ0) is 9.56. The summed E-state index contributed by atoms with van der Waals surface area (Å²) in [7, 11) is 4.16. The lowest BCUT2D eigenvalue weighted by Gasteiger charge is -2.25. The molecule has 2 heteroatoms. The van der Waals surface area contributed by atoms with E-state index in [0.29, 0.717) is 18.4 Å². The second-order valence-electron chi connectivity index (χ2n) is 3.99. The van der Waals surface area contributed by atoms with E-state index in [0.717, 1.165) is 12.7 Å². The third-order valence-corrected chi connectivity index (χ3v) is 2.09. The Morgan fingerprint density at radius 2 is 1.92 bits per heavy atom. The molecule has 0 aliphatic carbocycles. The van der Waals surface area contributed by atoms with Gasteiger partial charge in [0, 0.05) is 12.5 Å². The van der Waals surface area contributed by atoms with Crippen LogP contribution >= 0.6 is 0 Å². The molecule has 0 aliphatic heterocycles. The van der Waals surface area contributed by atoms with Gasteiger partial charge in [0.05, 0.1) is 0 Å². The fourth-order valence-electron chi connectivity index (χ4n) is 1.39. The van der Waals surface area contributed by atoms with Gasteiger partial charge in [-0.05, 0) is 32.9 Å². The van der Waals surface area contributed by atoms with Crippen LogP contribution in [0.4, 0.5) is 0 Å². The van der Waals surface area contributed by atoms with E-state index >= 15 is 0 Å². The first-order valence-corrected chi connectivity index (χ1v) is 4.68. The summed E-state index contributed by atoms with van der Waals surface area (Å²) in [5.74, 6) is 0.712. The highest BCUT2D eigenvalue weighted by Crippen LogP contribution is 2.13. The first-order chi connectivity index (χ1) is 5.57. The van der Waals surface area contributed by atoms with Gasteiger partial charge in [0.2, 0.25) is 0 Å². The summed E-state index contributed by atoms with van der Waals surface area (Å²) in [6, 6.07) is 0.565. The summed E-state index contributed by atoms with van der Waals surface area (Å²) in [5, 5.41) is 0. The van der Waals surface area contributed by atoms with E-state index < -0.39 is 0 Å². The van der Waals surface area contributed by atoms with Crippen LogP contribution in [0.25, 0.3) is 0 Å². The summed E-state index contributed by atoms with van der Waals surface area (Å²) in [6.45, 7) is 4.44. The Bertz CT molecular complexity index is 121. The van der Waals surface area contributed by atoms with E-state index in [2.05, 4.69) is 32.8 Å². The Morgan fingerprint density at radius 1 is 1.33 bits per heavy atom. The van der Waals surface area contributed by atoms with Gasteiger partial charge < -0.3 is 9.69 Å². The molecule has 1 unspecified atom stereocenters. The molecule has 0 aliphatic rings. The molecule has 0 heterocycles. The van der Waals surface area contributed by atoms with Gasteiger partial charge in [-0.2, -0.15) is 0 Å². The molecule has 0 saturated heterocycles. The van der Waals surface area contributed by atoms with Crippen LogP contribution in [-0.2, 0) is 4.79 Å². The molecule has 72 valence electrons. The second-order valence-corrected chi connectivity index (χ2v) is 3.99. The highest BCUT2D eigenvalue weighted by atomic mass is 16.1. The zero-order valence-corrected chi connectivity index (χ0v) is 8.71. The Morgan fingerprint density at radius 3 is 2.25 bits per heavy atom. The van der Waals surface area contributed by atoms with Crippen LogP contribution < -0.4 is 0 Å². The normalized spacial score (nSPS) is 13.8. The van der Waals surface area contributed by atoms with Gasteiger partial charge in [-0.15, -0.1) is 0 Å². The summed E-state index contributed by atoms with van der Waals surface area (Å²) in [5.41, 5.74) is 0. The average Bonchev–Trinajstić information content (AvgIpc) is 1.96. The monoisotopic (exact) mass is 171 g/mol. The van der Waals surface area contributed by atoms with Crippen LogP contribution in [0.1, 0.15) is 33.1 Å². The molecule has 0 amide bonds. The summed E-state index contributed by atoms with van der Waals surface area (Å²) < 4.78 is 0. The Balaban J connectivity index is 3.77. The van der Waals surface area contributed by atoms with Gasteiger partial charge in [-0.1, -0.05) is 13.8 Å². The molecular formula is C10H21NO. The Labute approximate surface area is 75.9 Å². The third-order valence-electron chi connectivity index (χ3n) is 2.09. The number of hydrogen-bond acceptors (Lipinski definition) is 2. The highest BCUT2D eigenvalue weighted by molar-refractivity contribution is 5.49. The van der Waals surface area contributed by atoms with Gasteiger partial charge >= 0.3 is 0 Å². The summed E-state index contributed by atoms with van der Waals surface area (Å²) in [4.78, 5) is 12.4. The third kappa shape index (κ3) is 5.30. The second kappa shape index (κ2) is 6.18. The summed E-state index contributed by atoms with van der Waals surface area (Å²) >= 11 is 0. The van der Waals surface area contributed by atoms with E-state index in [9.17, 15) is 4.79 Å². The van der Waals surface area contributed by atoms with E-state index in [4.69, 9.17) is 0 Å². The quantitative estimate of drug-likeness (QED) is 0.569. The topological polar surface area (TPSA) is 20.3 Å². The number of carbonyl (C=O) groups excluding carboxylic acids is 1. The van der Waals surface area contributed by atoms with Gasteiger partial charge in [-0.25, -0.2) is 0 Å². The molecule has 0 aromatic heterocycles. The average molecular weight is 171 g/mol. The lowest BCUT2D eigenvalue weighted by atomic mass is 9.99. The van der Waals surface area contributed by atoms with E-state index in [-0.39, 0.29) is 0 Å². The van der Waals surface area contributed by atoms with Crippen LogP contribution in [0.2, 0.25) is 0 Å². The molecule has 0 aromatic carbocycles. The molecule has 0 radical (unpaired) electrons. The fraction of sp³-hybridized carbons (Fsp3) is 0.900. The van der Waals surface area contributed by atoms with Gasteiger partial charge in [0.1, 0.15) is 6.29 Å². The largest absolute Gasteiger partial charge is 0.306 e. The van der Waals surface area contributed by atoms with Crippen molar-refractivity contribution < 1.29 is 4.79 Å². The van der Waals surface area contributed by atoms with Gasteiger partial charge in [0.25, 0.3) is 0 Å². The molecule has 12 heavy (non-hydrogen) atoms. The van der Waals surface area contributed by atoms with Crippen LogP contribution in [0.3, 0.4) is 0 Å². The van der Waals surface area contributed by atoms with Crippen molar-refractivity contribution in [2.24, 2.45) is 5.92 Å². The maximum atomic E-state index is 10.2. The lowest BCUT2D eigenvalue weighted by Crippen LogP contribution is -2.29. The molecule has 0 aromatic rings. The SMILES string of the molecule is CC(C)CC(CCC=O)N(C)C. The molecule has 2 nitrogen and oxygen atoms in total. The van der Waals surface area contributed by atoms with Crippen molar-refractivity contribution in [3.05, 3.63) is 0 Å². The predicted molar refractivity (Wildman–Crippen MR) is 52.2 cm³/mol. The minimum Gasteiger partial charge on any atom is -0.306 e. The molecule has 0 N–H and O–H groups in total. The molecular weight excluding hydrogens is 150 g/mol. The first kappa shape index (κ1) is 11.6. The molecule has 0 fully saturated rings. The fourth-order valence-corrected chi connectivity index (χ4v) is 1.39. The molecule has 0 spiro atoms.